The van der Waals surface area contributed by atoms with E-state index < -0.39 is 0 Å². The molecule has 1 atom stereocenters. The van der Waals surface area contributed by atoms with Crippen LogP contribution in [0.25, 0.3) is 0 Å². The van der Waals surface area contributed by atoms with Crippen LogP contribution in [0.4, 0.5) is 0 Å². The molecule has 0 bridgehead atoms. The maximum atomic E-state index is 5.88. The topological polar surface area (TPSA) is 18.5 Å². The van der Waals surface area contributed by atoms with Crippen LogP contribution in [0.2, 0.25) is 0 Å². The fourth-order valence-corrected chi connectivity index (χ4v) is 2.31. The third kappa shape index (κ3) is 6.16. The van der Waals surface area contributed by atoms with E-state index in [2.05, 4.69) is 74.6 Å². The Balaban J connectivity index is 2.40. The first-order valence-corrected chi connectivity index (χ1v) is 7.83. The molecule has 1 rings (SSSR count). The third-order valence-corrected chi connectivity index (χ3v) is 3.33. The van der Waals surface area contributed by atoms with Crippen LogP contribution < -0.4 is 0 Å². The molecule has 0 aliphatic carbocycles. The predicted molar refractivity (Wildman–Crippen MR) is 84.5 cm³/mol. The van der Waals surface area contributed by atoms with Gasteiger partial charge in [0.05, 0.1) is 24.9 Å². The molecule has 1 aromatic carbocycles. The second-order valence-electron chi connectivity index (χ2n) is 5.39. The van der Waals surface area contributed by atoms with Crippen LogP contribution in [0.15, 0.2) is 24.3 Å². The van der Waals surface area contributed by atoms with E-state index in [4.69, 9.17) is 9.47 Å². The molecule has 2 nitrogen and oxygen atoms in total. The standard InChI is InChI=1S/C15H23IO2/c1-12-5-7-13(8-6-12)14(11-16)17-9-10-18-15(2,3)4/h5-8,14H,9-11H2,1-4H3. The number of rotatable bonds is 6. The second kappa shape index (κ2) is 7.46. The largest absolute Gasteiger partial charge is 0.373 e. The Hall–Kier alpha value is -0.130. The molecule has 0 amide bonds. The molecule has 1 unspecified atom stereocenters. The SMILES string of the molecule is Cc1ccc(C(CI)OCCOC(C)(C)C)cc1. The summed E-state index contributed by atoms with van der Waals surface area (Å²) < 4.78 is 12.5. The normalized spacial score (nSPS) is 13.6. The number of ether oxygens (including phenoxy) is 2. The van der Waals surface area contributed by atoms with E-state index in [-0.39, 0.29) is 11.7 Å². The summed E-state index contributed by atoms with van der Waals surface area (Å²) in [6, 6.07) is 8.54. The minimum absolute atomic E-state index is 0.0902. The average molecular weight is 362 g/mol. The minimum atomic E-state index is -0.0902. The maximum Gasteiger partial charge on any atom is 0.0915 e. The van der Waals surface area contributed by atoms with Crippen molar-refractivity contribution >= 4 is 22.6 Å². The van der Waals surface area contributed by atoms with Crippen LogP contribution in [0.5, 0.6) is 0 Å². The maximum absolute atomic E-state index is 5.88. The van der Waals surface area contributed by atoms with E-state index in [0.29, 0.717) is 13.2 Å². The van der Waals surface area contributed by atoms with Gasteiger partial charge in [0.15, 0.2) is 0 Å². The van der Waals surface area contributed by atoms with Gasteiger partial charge in [0.1, 0.15) is 0 Å². The fraction of sp³-hybridized carbons (Fsp3) is 0.600. The number of hydrogen-bond donors (Lipinski definition) is 0. The van der Waals surface area contributed by atoms with Crippen molar-refractivity contribution in [1.29, 1.82) is 0 Å². The van der Waals surface area contributed by atoms with Gasteiger partial charge in [-0.1, -0.05) is 52.4 Å². The predicted octanol–water partition coefficient (Wildman–Crippen LogP) is 4.30. The van der Waals surface area contributed by atoms with Gasteiger partial charge in [-0.2, -0.15) is 0 Å². The molecular formula is C15H23IO2. The van der Waals surface area contributed by atoms with Crippen molar-refractivity contribution in [3.63, 3.8) is 0 Å². The van der Waals surface area contributed by atoms with Gasteiger partial charge in [-0.3, -0.25) is 0 Å². The van der Waals surface area contributed by atoms with Crippen LogP contribution in [0.3, 0.4) is 0 Å². The summed E-state index contributed by atoms with van der Waals surface area (Å²) in [4.78, 5) is 0. The van der Waals surface area contributed by atoms with E-state index in [1.807, 2.05) is 0 Å². The fourth-order valence-electron chi connectivity index (χ4n) is 1.55. The van der Waals surface area contributed by atoms with Crippen LogP contribution in [-0.4, -0.2) is 23.2 Å². The summed E-state index contributed by atoms with van der Waals surface area (Å²) in [5, 5.41) is 0. The minimum Gasteiger partial charge on any atom is -0.373 e. The Labute approximate surface area is 124 Å². The van der Waals surface area contributed by atoms with Crippen LogP contribution in [0, 0.1) is 6.92 Å². The molecule has 1 aromatic rings. The highest BCUT2D eigenvalue weighted by Gasteiger charge is 2.12. The lowest BCUT2D eigenvalue weighted by molar-refractivity contribution is -0.0477. The summed E-state index contributed by atoms with van der Waals surface area (Å²) in [5.41, 5.74) is 2.43. The lowest BCUT2D eigenvalue weighted by atomic mass is 10.1. The molecule has 0 saturated carbocycles. The van der Waals surface area contributed by atoms with Crippen LogP contribution >= 0.6 is 22.6 Å². The highest BCUT2D eigenvalue weighted by molar-refractivity contribution is 14.1. The van der Waals surface area contributed by atoms with Crippen molar-refractivity contribution in [2.45, 2.75) is 39.4 Å². The van der Waals surface area contributed by atoms with Crippen molar-refractivity contribution in [2.24, 2.45) is 0 Å². The number of alkyl halides is 1. The van der Waals surface area contributed by atoms with Gasteiger partial charge in [0.25, 0.3) is 0 Å². The van der Waals surface area contributed by atoms with Gasteiger partial charge in [0.2, 0.25) is 0 Å². The lowest BCUT2D eigenvalue weighted by Gasteiger charge is -2.21. The molecule has 0 aliphatic rings. The van der Waals surface area contributed by atoms with E-state index in [1.54, 1.807) is 0 Å². The summed E-state index contributed by atoms with van der Waals surface area (Å²) in [7, 11) is 0. The van der Waals surface area contributed by atoms with Crippen LogP contribution in [0.1, 0.15) is 38.0 Å². The molecule has 0 radical (unpaired) electrons. The Morgan fingerprint density at radius 1 is 1.11 bits per heavy atom. The first-order valence-electron chi connectivity index (χ1n) is 6.30. The summed E-state index contributed by atoms with van der Waals surface area (Å²) >= 11 is 2.36. The number of hydrogen-bond acceptors (Lipinski definition) is 2. The van der Waals surface area contributed by atoms with E-state index in [0.717, 1.165) is 4.43 Å². The monoisotopic (exact) mass is 362 g/mol. The van der Waals surface area contributed by atoms with Crippen LogP contribution in [-0.2, 0) is 9.47 Å². The van der Waals surface area contributed by atoms with Gasteiger partial charge in [-0.25, -0.2) is 0 Å². The zero-order valence-electron chi connectivity index (χ0n) is 11.7. The molecule has 0 aliphatic heterocycles. The van der Waals surface area contributed by atoms with Crippen molar-refractivity contribution in [2.75, 3.05) is 17.6 Å². The molecule has 102 valence electrons. The Bertz CT molecular complexity index is 341. The smallest absolute Gasteiger partial charge is 0.0915 e. The average Bonchev–Trinajstić information content (AvgIpc) is 2.29. The van der Waals surface area contributed by atoms with E-state index in [9.17, 15) is 0 Å². The first-order chi connectivity index (χ1) is 8.42. The van der Waals surface area contributed by atoms with Crippen molar-refractivity contribution in [1.82, 2.24) is 0 Å². The first kappa shape index (κ1) is 15.9. The van der Waals surface area contributed by atoms with E-state index >= 15 is 0 Å². The Morgan fingerprint density at radius 2 is 1.72 bits per heavy atom. The number of aryl methyl sites for hydroxylation is 1. The van der Waals surface area contributed by atoms with Crippen molar-refractivity contribution < 1.29 is 9.47 Å². The van der Waals surface area contributed by atoms with Gasteiger partial charge >= 0.3 is 0 Å². The van der Waals surface area contributed by atoms with Gasteiger partial charge in [0, 0.05) is 4.43 Å². The van der Waals surface area contributed by atoms with Gasteiger partial charge < -0.3 is 9.47 Å². The zero-order valence-corrected chi connectivity index (χ0v) is 13.9. The molecular weight excluding hydrogens is 339 g/mol. The Kier molecular flexibility index (Phi) is 6.60. The zero-order chi connectivity index (χ0) is 13.6. The number of benzene rings is 1. The quantitative estimate of drug-likeness (QED) is 0.427. The highest BCUT2D eigenvalue weighted by Crippen LogP contribution is 2.20. The van der Waals surface area contributed by atoms with E-state index in [1.165, 1.54) is 11.1 Å². The summed E-state index contributed by atoms with van der Waals surface area (Å²) in [6.07, 6.45) is 0.162. The second-order valence-corrected chi connectivity index (χ2v) is 6.27. The number of halogens is 1. The lowest BCUT2D eigenvalue weighted by Crippen LogP contribution is -2.22. The van der Waals surface area contributed by atoms with Gasteiger partial charge in [-0.15, -0.1) is 0 Å². The molecule has 18 heavy (non-hydrogen) atoms. The van der Waals surface area contributed by atoms with Gasteiger partial charge in [-0.05, 0) is 33.3 Å². The molecule has 0 fully saturated rings. The molecule has 0 spiro atoms. The molecule has 0 heterocycles. The third-order valence-electron chi connectivity index (χ3n) is 2.53. The van der Waals surface area contributed by atoms with Crippen molar-refractivity contribution in [3.8, 4) is 0 Å². The molecule has 0 saturated heterocycles. The summed E-state index contributed by atoms with van der Waals surface area (Å²) in [6.45, 7) is 9.55. The molecule has 0 N–H and O–H groups in total. The highest BCUT2D eigenvalue weighted by atomic mass is 127. The summed E-state index contributed by atoms with van der Waals surface area (Å²) in [5.74, 6) is 0. The molecule has 3 heteroatoms. The Morgan fingerprint density at radius 3 is 2.22 bits per heavy atom. The molecule has 0 aromatic heterocycles. The van der Waals surface area contributed by atoms with Crippen molar-refractivity contribution in [3.05, 3.63) is 35.4 Å².